The average molecular weight is 388 g/mol. The van der Waals surface area contributed by atoms with Crippen LogP contribution in [0.15, 0.2) is 47.4 Å². The molecule has 144 valence electrons. The fourth-order valence-corrected chi connectivity index (χ4v) is 4.64. The van der Waals surface area contributed by atoms with Gasteiger partial charge in [-0.3, -0.25) is 9.52 Å². The maximum absolute atomic E-state index is 12.8. The number of anilines is 1. The number of carbonyl (C=O) groups is 1. The second-order valence-electron chi connectivity index (χ2n) is 7.02. The van der Waals surface area contributed by atoms with Crippen LogP contribution in [0, 0.1) is 13.8 Å². The molecule has 1 atom stereocenters. The second-order valence-corrected chi connectivity index (χ2v) is 8.67. The molecule has 1 heterocycles. The fraction of sp³-hybridized carbons (Fsp3) is 0.350. The summed E-state index contributed by atoms with van der Waals surface area (Å²) in [4.78, 5) is 14.7. The molecule has 1 unspecified atom stereocenters. The normalized spacial score (nSPS) is 16.9. The summed E-state index contributed by atoms with van der Waals surface area (Å²) in [5.74, 6) is -0.114. The summed E-state index contributed by atoms with van der Waals surface area (Å²) in [6, 6.07) is 12.1. The van der Waals surface area contributed by atoms with Gasteiger partial charge in [0.05, 0.1) is 4.90 Å². The van der Waals surface area contributed by atoms with E-state index in [0.717, 1.165) is 25.1 Å². The van der Waals surface area contributed by atoms with Crippen molar-refractivity contribution in [3.63, 3.8) is 0 Å². The fourth-order valence-electron chi connectivity index (χ4n) is 3.26. The minimum Gasteiger partial charge on any atom is -0.337 e. The number of likely N-dealkylation sites (N-methyl/N-ethyl adjacent to an activating group) is 1. The Kier molecular flexibility index (Phi) is 5.53. The van der Waals surface area contributed by atoms with Crippen molar-refractivity contribution in [3.05, 3.63) is 59.2 Å². The first-order chi connectivity index (χ1) is 12.8. The number of rotatable bonds is 5. The minimum absolute atomic E-state index is 0.114. The molecule has 0 aliphatic carbocycles. The van der Waals surface area contributed by atoms with Crippen LogP contribution in [-0.4, -0.2) is 45.4 Å². The van der Waals surface area contributed by atoms with Gasteiger partial charge in [-0.05, 0) is 62.2 Å². The van der Waals surface area contributed by atoms with Crippen molar-refractivity contribution >= 4 is 21.6 Å². The molecule has 1 fully saturated rings. The lowest BCUT2D eigenvalue weighted by atomic mass is 10.1. The Morgan fingerprint density at radius 1 is 1.19 bits per heavy atom. The van der Waals surface area contributed by atoms with Gasteiger partial charge in [0.15, 0.2) is 0 Å². The number of aryl methyl sites for hydroxylation is 2. The molecular formula is C20H25N3O3S. The number of amides is 1. The van der Waals surface area contributed by atoms with Gasteiger partial charge in [0.25, 0.3) is 15.9 Å². The van der Waals surface area contributed by atoms with Crippen LogP contribution in [0.3, 0.4) is 0 Å². The van der Waals surface area contributed by atoms with Crippen molar-refractivity contribution in [2.24, 2.45) is 0 Å². The van der Waals surface area contributed by atoms with Gasteiger partial charge in [0.2, 0.25) is 0 Å². The molecule has 2 aromatic rings. The van der Waals surface area contributed by atoms with Crippen molar-refractivity contribution in [1.29, 1.82) is 0 Å². The van der Waals surface area contributed by atoms with E-state index < -0.39 is 10.0 Å². The molecule has 1 amide bonds. The van der Waals surface area contributed by atoms with Gasteiger partial charge in [-0.15, -0.1) is 0 Å². The lowest BCUT2D eigenvalue weighted by Crippen LogP contribution is -2.38. The van der Waals surface area contributed by atoms with Gasteiger partial charge in [0.1, 0.15) is 0 Å². The highest BCUT2D eigenvalue weighted by atomic mass is 32.2. The smallest absolute Gasteiger partial charge is 0.262 e. The maximum atomic E-state index is 12.8. The van der Waals surface area contributed by atoms with Crippen LogP contribution < -0.4 is 10.0 Å². The Labute approximate surface area is 160 Å². The van der Waals surface area contributed by atoms with Crippen LogP contribution in [-0.2, 0) is 10.0 Å². The number of nitrogens with one attached hydrogen (secondary N) is 2. The van der Waals surface area contributed by atoms with Crippen molar-refractivity contribution in [2.45, 2.75) is 31.2 Å². The molecule has 1 saturated heterocycles. The zero-order chi connectivity index (χ0) is 19.6. The Bertz CT molecular complexity index is 951. The number of hydrogen-bond acceptors (Lipinski definition) is 4. The first kappa shape index (κ1) is 19.4. The van der Waals surface area contributed by atoms with E-state index in [1.54, 1.807) is 55.3 Å². The topological polar surface area (TPSA) is 78.5 Å². The molecule has 0 spiro atoms. The van der Waals surface area contributed by atoms with Crippen molar-refractivity contribution < 1.29 is 13.2 Å². The zero-order valence-electron chi connectivity index (χ0n) is 15.8. The molecule has 6 nitrogen and oxygen atoms in total. The van der Waals surface area contributed by atoms with Crippen molar-refractivity contribution in [1.82, 2.24) is 10.2 Å². The van der Waals surface area contributed by atoms with Crippen LogP contribution in [0.2, 0.25) is 0 Å². The molecule has 7 heteroatoms. The molecule has 27 heavy (non-hydrogen) atoms. The van der Waals surface area contributed by atoms with Crippen LogP contribution in [0.1, 0.15) is 27.9 Å². The Hall–Kier alpha value is -2.38. The molecule has 0 bridgehead atoms. The monoisotopic (exact) mass is 387 g/mol. The van der Waals surface area contributed by atoms with Crippen molar-refractivity contribution in [2.75, 3.05) is 24.9 Å². The van der Waals surface area contributed by atoms with E-state index in [-0.39, 0.29) is 16.8 Å². The van der Waals surface area contributed by atoms with E-state index in [4.69, 9.17) is 0 Å². The molecule has 0 aromatic heterocycles. The minimum atomic E-state index is -3.73. The Morgan fingerprint density at radius 2 is 1.96 bits per heavy atom. The summed E-state index contributed by atoms with van der Waals surface area (Å²) in [5, 5.41) is 3.24. The molecule has 1 aliphatic rings. The van der Waals surface area contributed by atoms with E-state index in [1.165, 1.54) is 0 Å². The summed E-state index contributed by atoms with van der Waals surface area (Å²) in [6.45, 7) is 5.29. The number of sulfonamides is 1. The lowest BCUT2D eigenvalue weighted by Gasteiger charge is -2.24. The number of hydrogen-bond donors (Lipinski definition) is 2. The van der Waals surface area contributed by atoms with Crippen LogP contribution in [0.5, 0.6) is 0 Å². The molecule has 2 aromatic carbocycles. The molecule has 1 aliphatic heterocycles. The van der Waals surface area contributed by atoms with Crippen LogP contribution >= 0.6 is 0 Å². The predicted octanol–water partition coefficient (Wildman–Crippen LogP) is 2.54. The Balaban J connectivity index is 1.83. The van der Waals surface area contributed by atoms with E-state index in [0.29, 0.717) is 16.8 Å². The summed E-state index contributed by atoms with van der Waals surface area (Å²) in [7, 11) is -1.95. The summed E-state index contributed by atoms with van der Waals surface area (Å²) >= 11 is 0. The molecule has 3 rings (SSSR count). The van der Waals surface area contributed by atoms with E-state index in [2.05, 4.69) is 10.0 Å². The van der Waals surface area contributed by atoms with Gasteiger partial charge in [-0.25, -0.2) is 8.42 Å². The average Bonchev–Trinajstić information content (AvgIpc) is 3.17. The van der Waals surface area contributed by atoms with E-state index in [1.807, 2.05) is 13.0 Å². The number of benzene rings is 2. The number of carbonyl (C=O) groups excluding carboxylic acids is 1. The molecular weight excluding hydrogens is 362 g/mol. The molecule has 0 saturated carbocycles. The summed E-state index contributed by atoms with van der Waals surface area (Å²) < 4.78 is 28.2. The van der Waals surface area contributed by atoms with Gasteiger partial charge < -0.3 is 10.2 Å². The van der Waals surface area contributed by atoms with Gasteiger partial charge in [-0.2, -0.15) is 0 Å². The Morgan fingerprint density at radius 3 is 2.67 bits per heavy atom. The quantitative estimate of drug-likeness (QED) is 0.826. The number of nitrogens with zero attached hydrogens (tertiary/aromatic N) is 1. The first-order valence-corrected chi connectivity index (χ1v) is 10.4. The van der Waals surface area contributed by atoms with E-state index in [9.17, 15) is 13.2 Å². The molecule has 0 radical (unpaired) electrons. The van der Waals surface area contributed by atoms with Gasteiger partial charge in [0, 0.05) is 30.9 Å². The zero-order valence-corrected chi connectivity index (χ0v) is 16.6. The molecule has 2 N–H and O–H groups in total. The standard InChI is InChI=1S/C20H25N3O3S/c1-14-7-8-15(2)19(11-14)27(25,26)22-17-6-4-5-16(12-17)20(24)23(3)18-9-10-21-13-18/h4-8,11-12,18,21-22H,9-10,13H2,1-3H3. The van der Waals surface area contributed by atoms with Crippen molar-refractivity contribution in [3.8, 4) is 0 Å². The maximum Gasteiger partial charge on any atom is 0.262 e. The van der Waals surface area contributed by atoms with E-state index >= 15 is 0 Å². The van der Waals surface area contributed by atoms with Gasteiger partial charge >= 0.3 is 0 Å². The van der Waals surface area contributed by atoms with Crippen LogP contribution in [0.4, 0.5) is 5.69 Å². The summed E-state index contributed by atoms with van der Waals surface area (Å²) in [6.07, 6.45) is 0.918. The largest absolute Gasteiger partial charge is 0.337 e. The third kappa shape index (κ3) is 4.31. The third-order valence-electron chi connectivity index (χ3n) is 4.90. The van der Waals surface area contributed by atoms with Crippen LogP contribution in [0.25, 0.3) is 0 Å². The second kappa shape index (κ2) is 7.70. The lowest BCUT2D eigenvalue weighted by molar-refractivity contribution is 0.0744. The highest BCUT2D eigenvalue weighted by molar-refractivity contribution is 7.92. The summed E-state index contributed by atoms with van der Waals surface area (Å²) in [5.41, 5.74) is 2.38. The SMILES string of the molecule is Cc1ccc(C)c(S(=O)(=O)Nc2cccc(C(=O)N(C)C3CCNC3)c2)c1. The third-order valence-corrected chi connectivity index (χ3v) is 6.42. The highest BCUT2D eigenvalue weighted by Gasteiger charge is 2.24. The highest BCUT2D eigenvalue weighted by Crippen LogP contribution is 2.22. The first-order valence-electron chi connectivity index (χ1n) is 8.96. The van der Waals surface area contributed by atoms with Gasteiger partial charge in [-0.1, -0.05) is 18.2 Å². The predicted molar refractivity (Wildman–Crippen MR) is 107 cm³/mol.